The number of allylic oxidation sites excluding steroid dienone is 2. The van der Waals surface area contributed by atoms with Crippen molar-refractivity contribution in [2.24, 2.45) is 0 Å². The number of carbonyl (C=O) groups excluding carboxylic acids is 1. The molecular formula is C27H26N2O4S2. The van der Waals surface area contributed by atoms with Crippen molar-refractivity contribution in [1.82, 2.24) is 0 Å². The molecule has 0 fully saturated rings. The highest BCUT2D eigenvalue weighted by molar-refractivity contribution is 7.86. The second kappa shape index (κ2) is 10.5. The largest absolute Gasteiger partial charge is 0.748 e. The van der Waals surface area contributed by atoms with Crippen molar-refractivity contribution in [2.75, 3.05) is 5.32 Å². The van der Waals surface area contributed by atoms with E-state index >= 15 is 0 Å². The number of aryl methyl sites for hydroxylation is 1. The first kappa shape index (κ1) is 24.8. The maximum atomic E-state index is 11.8. The highest BCUT2D eigenvalue weighted by atomic mass is 32.2. The predicted molar refractivity (Wildman–Crippen MR) is 142 cm³/mol. The van der Waals surface area contributed by atoms with Crippen molar-refractivity contribution < 1.29 is 22.3 Å². The van der Waals surface area contributed by atoms with E-state index in [1.807, 2.05) is 54.6 Å². The Morgan fingerprint density at radius 2 is 1.77 bits per heavy atom. The Balaban J connectivity index is 1.62. The van der Waals surface area contributed by atoms with Gasteiger partial charge in [-0.15, -0.1) is 0 Å². The molecule has 1 atom stereocenters. The summed E-state index contributed by atoms with van der Waals surface area (Å²) in [6.07, 6.45) is 7.68. The van der Waals surface area contributed by atoms with Gasteiger partial charge in [-0.2, -0.15) is 4.57 Å². The number of Topliss-reactive ketones (excluding diaryl/α,β-unsaturated/α-hetero) is 1. The smallest absolute Gasteiger partial charge is 0.262 e. The summed E-state index contributed by atoms with van der Waals surface area (Å²) in [7, 11) is -4.34. The fourth-order valence-corrected chi connectivity index (χ4v) is 5.37. The average molecular weight is 507 g/mol. The van der Waals surface area contributed by atoms with Crippen LogP contribution in [0, 0.1) is 0 Å². The molecule has 3 aromatic carbocycles. The fourth-order valence-electron chi connectivity index (χ4n) is 3.84. The summed E-state index contributed by atoms with van der Waals surface area (Å²) in [5.74, 6) is -0.00920. The summed E-state index contributed by atoms with van der Waals surface area (Å²) in [6.45, 7) is 3.40. The van der Waals surface area contributed by atoms with E-state index in [0.29, 0.717) is 12.1 Å². The van der Waals surface area contributed by atoms with Crippen LogP contribution >= 0.6 is 11.3 Å². The molecule has 0 aliphatic rings. The molecule has 6 nitrogen and oxygen atoms in total. The number of nitrogens with one attached hydrogen (secondary N) is 1. The quantitative estimate of drug-likeness (QED) is 0.140. The standard InChI is InChI=1S/C27H26N2O4S2/c1-19(35(31,32)33)14-16-29-25-17-21-9-3-4-10-22(21)18-26(25)34-27(29)13-7-8-15-28-24-12-6-5-11-23(24)20(2)30/h3-13,15,17-19H,14,16H2,1-2H3,(H,31,32,33). The summed E-state index contributed by atoms with van der Waals surface area (Å²) in [5.41, 5.74) is 2.36. The van der Waals surface area contributed by atoms with Gasteiger partial charge in [0, 0.05) is 36.0 Å². The van der Waals surface area contributed by atoms with E-state index in [0.717, 1.165) is 31.7 Å². The Morgan fingerprint density at radius 1 is 1.09 bits per heavy atom. The van der Waals surface area contributed by atoms with E-state index < -0.39 is 15.4 Å². The number of hydrogen-bond acceptors (Lipinski definition) is 6. The molecule has 35 heavy (non-hydrogen) atoms. The third-order valence-corrected chi connectivity index (χ3v) is 8.18. The summed E-state index contributed by atoms with van der Waals surface area (Å²) in [6, 6.07) is 19.7. The third-order valence-electron chi connectivity index (χ3n) is 5.84. The number of hydrogen-bond donors (Lipinski definition) is 1. The molecule has 0 saturated carbocycles. The highest BCUT2D eigenvalue weighted by Crippen LogP contribution is 2.27. The minimum Gasteiger partial charge on any atom is -0.748 e. The molecule has 0 bridgehead atoms. The number of carbonyl (C=O) groups is 1. The number of benzene rings is 3. The summed E-state index contributed by atoms with van der Waals surface area (Å²) < 4.78 is 37.4. The van der Waals surface area contributed by atoms with Crippen LogP contribution in [0.5, 0.6) is 0 Å². The second-order valence-corrected chi connectivity index (χ2v) is 11.2. The zero-order chi connectivity index (χ0) is 25.0. The van der Waals surface area contributed by atoms with Gasteiger partial charge in [-0.3, -0.25) is 4.79 Å². The van der Waals surface area contributed by atoms with Crippen LogP contribution in [0.4, 0.5) is 5.69 Å². The molecule has 4 rings (SSSR count). The van der Waals surface area contributed by atoms with Gasteiger partial charge in [0.2, 0.25) is 5.52 Å². The number of aromatic nitrogens is 1. The van der Waals surface area contributed by atoms with E-state index in [2.05, 4.69) is 28.1 Å². The lowest BCUT2D eigenvalue weighted by molar-refractivity contribution is -0.669. The fraction of sp³-hybridized carbons (Fsp3) is 0.185. The Bertz CT molecular complexity index is 1550. The normalized spacial score (nSPS) is 13.2. The number of rotatable bonds is 9. The van der Waals surface area contributed by atoms with Crippen LogP contribution in [-0.2, 0) is 16.7 Å². The molecular weight excluding hydrogens is 480 g/mol. The third kappa shape index (κ3) is 5.85. The molecule has 8 heteroatoms. The van der Waals surface area contributed by atoms with Crippen LogP contribution in [-0.4, -0.2) is 24.0 Å². The zero-order valence-corrected chi connectivity index (χ0v) is 21.1. The zero-order valence-electron chi connectivity index (χ0n) is 19.5. The Kier molecular flexibility index (Phi) is 7.45. The van der Waals surface area contributed by atoms with Crippen LogP contribution < -0.4 is 9.88 Å². The van der Waals surface area contributed by atoms with Gasteiger partial charge in [-0.05, 0) is 48.9 Å². The number of para-hydroxylation sites is 1. The first-order valence-electron chi connectivity index (χ1n) is 11.2. The van der Waals surface area contributed by atoms with Crippen molar-refractivity contribution in [3.63, 3.8) is 0 Å². The van der Waals surface area contributed by atoms with Crippen LogP contribution in [0.25, 0.3) is 27.1 Å². The molecule has 0 spiro atoms. The van der Waals surface area contributed by atoms with Gasteiger partial charge in [0.15, 0.2) is 12.3 Å². The van der Waals surface area contributed by atoms with Crippen LogP contribution in [0.1, 0.15) is 35.6 Å². The molecule has 0 saturated heterocycles. The predicted octanol–water partition coefficient (Wildman–Crippen LogP) is 5.51. The number of nitrogens with zero attached hydrogens (tertiary/aromatic N) is 1. The van der Waals surface area contributed by atoms with Gasteiger partial charge in [0.05, 0.1) is 15.4 Å². The minimum atomic E-state index is -4.34. The number of anilines is 1. The van der Waals surface area contributed by atoms with Crippen molar-refractivity contribution >= 4 is 60.0 Å². The number of thiazole rings is 1. The van der Waals surface area contributed by atoms with Gasteiger partial charge in [-0.25, -0.2) is 8.42 Å². The highest BCUT2D eigenvalue weighted by Gasteiger charge is 2.21. The lowest BCUT2D eigenvalue weighted by Crippen LogP contribution is -2.37. The second-order valence-electron chi connectivity index (χ2n) is 8.32. The molecule has 0 radical (unpaired) electrons. The Labute approximate surface area is 209 Å². The van der Waals surface area contributed by atoms with E-state index in [9.17, 15) is 17.8 Å². The minimum absolute atomic E-state index is 0.00920. The van der Waals surface area contributed by atoms with Gasteiger partial charge >= 0.3 is 0 Å². The first-order chi connectivity index (χ1) is 16.7. The maximum Gasteiger partial charge on any atom is 0.262 e. The van der Waals surface area contributed by atoms with Crippen LogP contribution in [0.2, 0.25) is 0 Å². The van der Waals surface area contributed by atoms with Crippen LogP contribution in [0.3, 0.4) is 0 Å². The Morgan fingerprint density at radius 3 is 2.49 bits per heavy atom. The Hall–Kier alpha value is -3.33. The van der Waals surface area contributed by atoms with E-state index in [-0.39, 0.29) is 12.2 Å². The molecule has 0 aliphatic carbocycles. The van der Waals surface area contributed by atoms with E-state index in [4.69, 9.17) is 0 Å². The number of ketones is 1. The molecule has 0 amide bonds. The van der Waals surface area contributed by atoms with Gasteiger partial charge in [-0.1, -0.05) is 53.8 Å². The molecule has 0 aliphatic heterocycles. The summed E-state index contributed by atoms with van der Waals surface area (Å²) >= 11 is 1.61. The van der Waals surface area contributed by atoms with Crippen molar-refractivity contribution in [3.8, 4) is 0 Å². The van der Waals surface area contributed by atoms with Gasteiger partial charge < -0.3 is 9.87 Å². The van der Waals surface area contributed by atoms with Gasteiger partial charge in [0.25, 0.3) is 5.01 Å². The van der Waals surface area contributed by atoms with E-state index in [1.165, 1.54) is 13.8 Å². The van der Waals surface area contributed by atoms with Gasteiger partial charge in [0.1, 0.15) is 4.70 Å². The topological polar surface area (TPSA) is 90.2 Å². The SMILES string of the molecule is CC(=O)c1ccccc1N/C=C/C=C/c1sc2cc3ccccc3cc2[n+]1CCC(C)S(=O)(=O)[O-]. The first-order valence-corrected chi connectivity index (χ1v) is 13.5. The summed E-state index contributed by atoms with van der Waals surface area (Å²) in [4.78, 5) is 11.8. The lowest BCUT2D eigenvalue weighted by atomic mass is 10.1. The lowest BCUT2D eigenvalue weighted by Gasteiger charge is -2.13. The molecule has 1 heterocycles. The molecule has 4 aromatic rings. The van der Waals surface area contributed by atoms with Crippen molar-refractivity contribution in [3.05, 3.63) is 89.6 Å². The average Bonchev–Trinajstić information content (AvgIpc) is 3.16. The maximum absolute atomic E-state index is 11.8. The molecule has 1 aromatic heterocycles. The molecule has 180 valence electrons. The molecule has 1 unspecified atom stereocenters. The summed E-state index contributed by atoms with van der Waals surface area (Å²) in [5, 5.41) is 5.35. The molecule has 1 N–H and O–H groups in total. The number of fused-ring (bicyclic) bond motifs is 2. The monoisotopic (exact) mass is 506 g/mol. The van der Waals surface area contributed by atoms with Crippen LogP contribution in [0.15, 0.2) is 79.0 Å². The van der Waals surface area contributed by atoms with Crippen molar-refractivity contribution in [2.45, 2.75) is 32.1 Å². The van der Waals surface area contributed by atoms with Crippen molar-refractivity contribution in [1.29, 1.82) is 0 Å². The van der Waals surface area contributed by atoms with E-state index in [1.54, 1.807) is 23.6 Å².